The van der Waals surface area contributed by atoms with Crippen LogP contribution in [0.3, 0.4) is 0 Å². The van der Waals surface area contributed by atoms with Gasteiger partial charge in [-0.1, -0.05) is 0 Å². The second-order valence-electron chi connectivity index (χ2n) is 6.52. The summed E-state index contributed by atoms with van der Waals surface area (Å²) in [6.07, 6.45) is 1.46. The number of hydrazine groups is 1. The number of benzene rings is 1. The monoisotopic (exact) mass is 410 g/mol. The van der Waals surface area contributed by atoms with Gasteiger partial charge in [0.2, 0.25) is 5.75 Å². The zero-order valence-corrected chi connectivity index (χ0v) is 16.8. The highest BCUT2D eigenvalue weighted by Gasteiger charge is 2.20. The number of nitrogens with one attached hydrogen (secondary N) is 4. The highest BCUT2D eigenvalue weighted by atomic mass is 16.5. The number of nitrogens with zero attached hydrogens (tertiary/aromatic N) is 2. The second-order valence-corrected chi connectivity index (χ2v) is 6.52. The summed E-state index contributed by atoms with van der Waals surface area (Å²) in [7, 11) is 4.70. The average Bonchev–Trinajstić information content (AvgIpc) is 3.21. The Kier molecular flexibility index (Phi) is 5.40. The number of fused-ring (bicyclic) bond motifs is 1. The minimum absolute atomic E-state index is 0.268. The van der Waals surface area contributed by atoms with E-state index in [1.54, 1.807) is 27.5 Å². The molecule has 0 radical (unpaired) electrons. The number of hydrogen-bond donors (Lipinski definition) is 4. The maximum Gasteiger partial charge on any atom is 0.330 e. The number of anilines is 1. The molecular weight excluding hydrogens is 388 g/mol. The quantitative estimate of drug-likeness (QED) is 0.466. The fraction of sp³-hybridized carbons (Fsp3) is 0.250. The molecule has 10 heteroatoms. The van der Waals surface area contributed by atoms with Gasteiger partial charge in [-0.25, -0.2) is 15.2 Å². The molecule has 2 aromatic heterocycles. The van der Waals surface area contributed by atoms with E-state index < -0.39 is 0 Å². The molecule has 1 fully saturated rings. The largest absolute Gasteiger partial charge is 0.493 e. The molecule has 30 heavy (non-hydrogen) atoms. The van der Waals surface area contributed by atoms with Crippen molar-refractivity contribution in [3.63, 3.8) is 0 Å². The molecule has 0 spiro atoms. The van der Waals surface area contributed by atoms with Crippen molar-refractivity contribution in [3.05, 3.63) is 36.5 Å². The topological polar surface area (TPSA) is 119 Å². The predicted molar refractivity (Wildman–Crippen MR) is 112 cm³/mol. The van der Waals surface area contributed by atoms with E-state index in [0.29, 0.717) is 35.3 Å². The van der Waals surface area contributed by atoms with E-state index in [0.717, 1.165) is 16.5 Å². The van der Waals surface area contributed by atoms with Crippen molar-refractivity contribution in [3.8, 4) is 28.5 Å². The molecule has 156 valence electrons. The Labute approximate surface area is 172 Å². The number of carbonyl (C=O) groups is 1. The zero-order chi connectivity index (χ0) is 21.1. The third-order valence-corrected chi connectivity index (χ3v) is 4.70. The predicted octanol–water partition coefficient (Wildman–Crippen LogP) is 1.88. The van der Waals surface area contributed by atoms with E-state index in [4.69, 9.17) is 19.2 Å². The summed E-state index contributed by atoms with van der Waals surface area (Å²) in [4.78, 5) is 20.6. The molecule has 1 atom stereocenters. The Morgan fingerprint density at radius 2 is 1.87 bits per heavy atom. The molecule has 10 nitrogen and oxygen atoms in total. The van der Waals surface area contributed by atoms with Crippen LogP contribution in [0.1, 0.15) is 0 Å². The van der Waals surface area contributed by atoms with Crippen LogP contribution < -0.4 is 35.7 Å². The van der Waals surface area contributed by atoms with Gasteiger partial charge in [0.25, 0.3) is 0 Å². The Balaban J connectivity index is 1.75. The number of carbonyl (C=O) groups excluding carboxylic acids is 1. The molecule has 4 rings (SSSR count). The fourth-order valence-corrected chi connectivity index (χ4v) is 3.27. The number of ether oxygens (including phenoxy) is 3. The van der Waals surface area contributed by atoms with Crippen LogP contribution in [0.25, 0.3) is 22.2 Å². The molecule has 3 aromatic rings. The lowest BCUT2D eigenvalue weighted by molar-refractivity contribution is 0.247. The number of rotatable bonds is 7. The van der Waals surface area contributed by atoms with Crippen LogP contribution in [0.4, 0.5) is 10.6 Å². The Bertz CT molecular complexity index is 1070. The number of aromatic nitrogens is 2. The van der Waals surface area contributed by atoms with Gasteiger partial charge >= 0.3 is 6.03 Å². The minimum atomic E-state index is -0.271. The summed E-state index contributed by atoms with van der Waals surface area (Å²) < 4.78 is 16.3. The van der Waals surface area contributed by atoms with Gasteiger partial charge < -0.3 is 24.8 Å². The molecule has 0 bridgehead atoms. The summed E-state index contributed by atoms with van der Waals surface area (Å²) in [6, 6.07) is 9.10. The van der Waals surface area contributed by atoms with E-state index in [1.807, 2.05) is 30.3 Å². The van der Waals surface area contributed by atoms with E-state index in [-0.39, 0.29) is 12.2 Å². The number of pyridine rings is 2. The van der Waals surface area contributed by atoms with Crippen LogP contribution in [-0.2, 0) is 0 Å². The van der Waals surface area contributed by atoms with Crippen LogP contribution in [0, 0.1) is 0 Å². The highest BCUT2D eigenvalue weighted by molar-refractivity contribution is 5.92. The molecule has 1 saturated heterocycles. The number of amides is 2. The summed E-state index contributed by atoms with van der Waals surface area (Å²) in [5, 5.41) is 6.90. The van der Waals surface area contributed by atoms with Gasteiger partial charge in [0, 0.05) is 17.1 Å². The molecular formula is C20H22N6O4. The van der Waals surface area contributed by atoms with Crippen LogP contribution in [0.2, 0.25) is 0 Å². The van der Waals surface area contributed by atoms with Crippen LogP contribution >= 0.6 is 0 Å². The minimum Gasteiger partial charge on any atom is -0.493 e. The van der Waals surface area contributed by atoms with E-state index in [2.05, 4.69) is 26.5 Å². The number of urea groups is 1. The summed E-state index contributed by atoms with van der Waals surface area (Å²) in [5.41, 5.74) is 7.60. The Morgan fingerprint density at radius 3 is 2.50 bits per heavy atom. The molecule has 0 aliphatic carbocycles. The summed E-state index contributed by atoms with van der Waals surface area (Å²) >= 11 is 0. The first-order valence-electron chi connectivity index (χ1n) is 9.25. The highest BCUT2D eigenvalue weighted by Crippen LogP contribution is 2.41. The number of hydrogen-bond acceptors (Lipinski definition) is 8. The van der Waals surface area contributed by atoms with Gasteiger partial charge in [-0.2, -0.15) is 0 Å². The zero-order valence-electron chi connectivity index (χ0n) is 16.8. The third kappa shape index (κ3) is 3.72. The van der Waals surface area contributed by atoms with Crippen molar-refractivity contribution >= 4 is 22.8 Å². The van der Waals surface area contributed by atoms with Gasteiger partial charge in [-0.3, -0.25) is 10.4 Å². The average molecular weight is 410 g/mol. The maximum atomic E-state index is 11.3. The SMILES string of the molecule is COc1cc(-c2cc3ncccc3c(NCC3NNC(=O)N3)n2)cc(OC)c1OC. The van der Waals surface area contributed by atoms with Crippen molar-refractivity contribution in [1.82, 2.24) is 26.1 Å². The molecule has 1 aromatic carbocycles. The summed E-state index contributed by atoms with van der Waals surface area (Å²) in [5.74, 6) is 2.23. The smallest absolute Gasteiger partial charge is 0.330 e. The molecule has 3 heterocycles. The van der Waals surface area contributed by atoms with E-state index in [1.165, 1.54) is 0 Å². The molecule has 4 N–H and O–H groups in total. The number of methoxy groups -OCH3 is 3. The lowest BCUT2D eigenvalue weighted by atomic mass is 10.1. The second kappa shape index (κ2) is 8.29. The van der Waals surface area contributed by atoms with Crippen molar-refractivity contribution in [2.24, 2.45) is 0 Å². The van der Waals surface area contributed by atoms with E-state index in [9.17, 15) is 4.79 Å². The van der Waals surface area contributed by atoms with Crippen LogP contribution in [-0.4, -0.2) is 50.0 Å². The Hall–Kier alpha value is -3.79. The van der Waals surface area contributed by atoms with Crippen molar-refractivity contribution in [2.75, 3.05) is 33.2 Å². The van der Waals surface area contributed by atoms with E-state index >= 15 is 0 Å². The summed E-state index contributed by atoms with van der Waals surface area (Å²) in [6.45, 7) is 0.425. The fourth-order valence-electron chi connectivity index (χ4n) is 3.27. The van der Waals surface area contributed by atoms with Crippen molar-refractivity contribution in [1.29, 1.82) is 0 Å². The molecule has 1 unspecified atom stereocenters. The molecule has 1 aliphatic rings. The lowest BCUT2D eigenvalue weighted by Gasteiger charge is -2.16. The van der Waals surface area contributed by atoms with Crippen molar-refractivity contribution in [2.45, 2.75) is 6.17 Å². The first-order valence-corrected chi connectivity index (χ1v) is 9.25. The lowest BCUT2D eigenvalue weighted by Crippen LogP contribution is -2.39. The van der Waals surface area contributed by atoms with Gasteiger partial charge in [-0.05, 0) is 30.3 Å². The third-order valence-electron chi connectivity index (χ3n) is 4.70. The molecule has 0 saturated carbocycles. The van der Waals surface area contributed by atoms with Gasteiger partial charge in [0.15, 0.2) is 11.5 Å². The van der Waals surface area contributed by atoms with Crippen molar-refractivity contribution < 1.29 is 19.0 Å². The van der Waals surface area contributed by atoms with Gasteiger partial charge in [0.05, 0.1) is 39.1 Å². The van der Waals surface area contributed by atoms with Gasteiger partial charge in [0.1, 0.15) is 12.0 Å². The Morgan fingerprint density at radius 1 is 1.10 bits per heavy atom. The van der Waals surface area contributed by atoms with Crippen LogP contribution in [0.15, 0.2) is 36.5 Å². The maximum absolute atomic E-state index is 11.3. The van der Waals surface area contributed by atoms with Crippen LogP contribution in [0.5, 0.6) is 17.2 Å². The molecule has 1 aliphatic heterocycles. The first-order chi connectivity index (χ1) is 14.6. The standard InChI is InChI=1S/C20H22N6O4/c1-28-15-7-11(8-16(29-2)18(15)30-3)13-9-14-12(5-4-6-21-14)19(23-13)22-10-17-24-20(27)26-25-17/h4-9,17,25H,10H2,1-3H3,(H,22,23)(H2,24,26,27). The first kappa shape index (κ1) is 19.5. The van der Waals surface area contributed by atoms with Gasteiger partial charge in [-0.15, -0.1) is 0 Å². The normalized spacial score (nSPS) is 15.4. The molecule has 2 amide bonds.